The molecule has 0 radical (unpaired) electrons. The zero-order valence-electron chi connectivity index (χ0n) is 14.8. The highest BCUT2D eigenvalue weighted by molar-refractivity contribution is 5.84. The Bertz CT molecular complexity index is 965. The SMILES string of the molecule is COc1ccc(/C=N/NC(=O)Cc2nc3cccnc3n2C)cc1OC. The van der Waals surface area contributed by atoms with Crippen LogP contribution < -0.4 is 14.9 Å². The fraction of sp³-hybridized carbons (Fsp3) is 0.222. The first-order valence-corrected chi connectivity index (χ1v) is 7.92. The average molecular weight is 353 g/mol. The van der Waals surface area contributed by atoms with E-state index in [0.29, 0.717) is 17.3 Å². The Hall–Kier alpha value is -3.42. The number of ether oxygens (including phenoxy) is 2. The third-order valence-corrected chi connectivity index (χ3v) is 3.85. The topological polar surface area (TPSA) is 90.6 Å². The summed E-state index contributed by atoms with van der Waals surface area (Å²) in [4.78, 5) is 20.8. The molecule has 0 atom stereocenters. The Morgan fingerprint density at radius 3 is 2.81 bits per heavy atom. The lowest BCUT2D eigenvalue weighted by atomic mass is 10.2. The number of aromatic nitrogens is 3. The first-order chi connectivity index (χ1) is 12.6. The molecule has 2 aromatic heterocycles. The van der Waals surface area contributed by atoms with Crippen LogP contribution >= 0.6 is 0 Å². The van der Waals surface area contributed by atoms with E-state index in [1.54, 1.807) is 37.1 Å². The highest BCUT2D eigenvalue weighted by atomic mass is 16.5. The van der Waals surface area contributed by atoms with Crippen LogP contribution in [-0.4, -0.2) is 40.9 Å². The fourth-order valence-electron chi connectivity index (χ4n) is 2.52. The van der Waals surface area contributed by atoms with Gasteiger partial charge >= 0.3 is 0 Å². The molecule has 134 valence electrons. The minimum Gasteiger partial charge on any atom is -0.493 e. The number of amides is 1. The number of pyridine rings is 1. The molecule has 1 amide bonds. The molecule has 0 unspecified atom stereocenters. The molecule has 0 bridgehead atoms. The van der Waals surface area contributed by atoms with Gasteiger partial charge in [-0.25, -0.2) is 15.4 Å². The number of hydrogen-bond donors (Lipinski definition) is 1. The number of methoxy groups -OCH3 is 2. The minimum atomic E-state index is -0.264. The Kier molecular flexibility index (Phi) is 5.12. The van der Waals surface area contributed by atoms with E-state index in [9.17, 15) is 4.79 Å². The molecule has 8 nitrogen and oxygen atoms in total. The smallest absolute Gasteiger partial charge is 0.247 e. The van der Waals surface area contributed by atoms with E-state index < -0.39 is 0 Å². The number of aryl methyl sites for hydroxylation is 1. The number of nitrogens with zero attached hydrogens (tertiary/aromatic N) is 4. The molecule has 3 rings (SSSR count). The van der Waals surface area contributed by atoms with Crippen LogP contribution in [-0.2, 0) is 18.3 Å². The second-order valence-electron chi connectivity index (χ2n) is 5.52. The first-order valence-electron chi connectivity index (χ1n) is 7.92. The summed E-state index contributed by atoms with van der Waals surface area (Å²) in [5.74, 6) is 1.58. The Morgan fingerprint density at radius 1 is 1.27 bits per heavy atom. The molecule has 3 aromatic rings. The number of nitrogens with one attached hydrogen (secondary N) is 1. The molecule has 0 aliphatic carbocycles. The predicted molar refractivity (Wildman–Crippen MR) is 97.5 cm³/mol. The number of benzene rings is 1. The van der Waals surface area contributed by atoms with Crippen molar-refractivity contribution < 1.29 is 14.3 Å². The van der Waals surface area contributed by atoms with E-state index in [2.05, 4.69) is 20.5 Å². The summed E-state index contributed by atoms with van der Waals surface area (Å²) in [6.45, 7) is 0. The molecule has 8 heteroatoms. The molecular formula is C18H19N5O3. The lowest BCUT2D eigenvalue weighted by molar-refractivity contribution is -0.120. The molecule has 2 heterocycles. The van der Waals surface area contributed by atoms with Crippen LogP contribution in [0.15, 0.2) is 41.6 Å². The molecular weight excluding hydrogens is 334 g/mol. The third-order valence-electron chi connectivity index (χ3n) is 3.85. The molecule has 0 saturated heterocycles. The summed E-state index contributed by atoms with van der Waals surface area (Å²) >= 11 is 0. The van der Waals surface area contributed by atoms with Gasteiger partial charge in [-0.1, -0.05) is 0 Å². The van der Waals surface area contributed by atoms with Gasteiger partial charge in [0.1, 0.15) is 11.3 Å². The maximum atomic E-state index is 12.1. The standard InChI is InChI=1S/C18H19N5O3/c1-23-16(21-13-5-4-8-19-18(13)23)10-17(24)22-20-11-12-6-7-14(25-2)15(9-12)26-3/h4-9,11H,10H2,1-3H3,(H,22,24)/b20-11+. The number of hydrazone groups is 1. The lowest BCUT2D eigenvalue weighted by Crippen LogP contribution is -2.21. The van der Waals surface area contributed by atoms with Crippen molar-refractivity contribution >= 4 is 23.3 Å². The van der Waals surface area contributed by atoms with Gasteiger partial charge in [0.25, 0.3) is 0 Å². The molecule has 1 N–H and O–H groups in total. The predicted octanol–water partition coefficient (Wildman–Crippen LogP) is 1.68. The highest BCUT2D eigenvalue weighted by Gasteiger charge is 2.12. The van der Waals surface area contributed by atoms with E-state index in [-0.39, 0.29) is 12.3 Å². The van der Waals surface area contributed by atoms with Crippen LogP contribution in [0.1, 0.15) is 11.4 Å². The van der Waals surface area contributed by atoms with E-state index in [4.69, 9.17) is 9.47 Å². The average Bonchev–Trinajstić information content (AvgIpc) is 2.97. The highest BCUT2D eigenvalue weighted by Crippen LogP contribution is 2.26. The zero-order chi connectivity index (χ0) is 18.5. The van der Waals surface area contributed by atoms with Crippen LogP contribution in [0, 0.1) is 0 Å². The number of carbonyl (C=O) groups excluding carboxylic acids is 1. The summed E-state index contributed by atoms with van der Waals surface area (Å²) in [7, 11) is 4.96. The summed E-state index contributed by atoms with van der Waals surface area (Å²) in [5, 5.41) is 3.98. The van der Waals surface area contributed by atoms with E-state index in [1.807, 2.05) is 25.2 Å². The van der Waals surface area contributed by atoms with Gasteiger partial charge in [-0.3, -0.25) is 4.79 Å². The van der Waals surface area contributed by atoms with Crippen molar-refractivity contribution in [1.29, 1.82) is 0 Å². The second kappa shape index (κ2) is 7.64. The zero-order valence-corrected chi connectivity index (χ0v) is 14.8. The van der Waals surface area contributed by atoms with Crippen molar-refractivity contribution in [3.63, 3.8) is 0 Å². The maximum Gasteiger partial charge on any atom is 0.247 e. The molecule has 26 heavy (non-hydrogen) atoms. The van der Waals surface area contributed by atoms with Gasteiger partial charge in [-0.05, 0) is 35.9 Å². The molecule has 0 aliphatic heterocycles. The van der Waals surface area contributed by atoms with Gasteiger partial charge in [0.05, 0.1) is 26.9 Å². The Labute approximate surface area is 150 Å². The van der Waals surface area contributed by atoms with Crippen molar-refractivity contribution in [1.82, 2.24) is 20.0 Å². The fourth-order valence-corrected chi connectivity index (χ4v) is 2.52. The van der Waals surface area contributed by atoms with Gasteiger partial charge in [0.2, 0.25) is 5.91 Å². The van der Waals surface area contributed by atoms with Crippen molar-refractivity contribution in [2.24, 2.45) is 12.1 Å². The largest absolute Gasteiger partial charge is 0.493 e. The Balaban J connectivity index is 1.65. The normalized spacial score (nSPS) is 11.0. The van der Waals surface area contributed by atoms with Gasteiger partial charge < -0.3 is 14.0 Å². The molecule has 0 spiro atoms. The number of rotatable bonds is 6. The first kappa shape index (κ1) is 17.4. The van der Waals surface area contributed by atoms with Crippen molar-refractivity contribution in [2.45, 2.75) is 6.42 Å². The van der Waals surface area contributed by atoms with Gasteiger partial charge in [-0.15, -0.1) is 0 Å². The van der Waals surface area contributed by atoms with Crippen molar-refractivity contribution in [2.75, 3.05) is 14.2 Å². The van der Waals surface area contributed by atoms with Crippen molar-refractivity contribution in [3.8, 4) is 11.5 Å². The van der Waals surface area contributed by atoms with Crippen LogP contribution in [0.5, 0.6) is 11.5 Å². The number of carbonyl (C=O) groups is 1. The van der Waals surface area contributed by atoms with Crippen LogP contribution in [0.3, 0.4) is 0 Å². The van der Waals surface area contributed by atoms with E-state index in [0.717, 1.165) is 16.7 Å². The quantitative estimate of drug-likeness (QED) is 0.538. The van der Waals surface area contributed by atoms with Gasteiger partial charge in [0, 0.05) is 13.2 Å². The summed E-state index contributed by atoms with van der Waals surface area (Å²) < 4.78 is 12.2. The maximum absolute atomic E-state index is 12.1. The van der Waals surface area contributed by atoms with Crippen LogP contribution in [0.2, 0.25) is 0 Å². The molecule has 0 fully saturated rings. The number of hydrogen-bond acceptors (Lipinski definition) is 6. The molecule has 0 saturated carbocycles. The minimum absolute atomic E-state index is 0.107. The van der Waals surface area contributed by atoms with Gasteiger partial charge in [-0.2, -0.15) is 5.10 Å². The summed E-state index contributed by atoms with van der Waals surface area (Å²) in [5.41, 5.74) is 4.77. The summed E-state index contributed by atoms with van der Waals surface area (Å²) in [6.07, 6.45) is 3.34. The number of imidazole rings is 1. The summed E-state index contributed by atoms with van der Waals surface area (Å²) in [6, 6.07) is 9.03. The molecule has 1 aromatic carbocycles. The van der Waals surface area contributed by atoms with Crippen molar-refractivity contribution in [3.05, 3.63) is 47.9 Å². The van der Waals surface area contributed by atoms with Crippen LogP contribution in [0.4, 0.5) is 0 Å². The Morgan fingerprint density at radius 2 is 2.08 bits per heavy atom. The third kappa shape index (κ3) is 3.64. The monoisotopic (exact) mass is 353 g/mol. The lowest BCUT2D eigenvalue weighted by Gasteiger charge is -2.07. The molecule has 0 aliphatic rings. The second-order valence-corrected chi connectivity index (χ2v) is 5.52. The van der Waals surface area contributed by atoms with Gasteiger partial charge in [0.15, 0.2) is 17.1 Å². The van der Waals surface area contributed by atoms with E-state index in [1.165, 1.54) is 6.21 Å². The number of fused-ring (bicyclic) bond motifs is 1. The van der Waals surface area contributed by atoms with E-state index >= 15 is 0 Å². The van der Waals surface area contributed by atoms with Crippen LogP contribution in [0.25, 0.3) is 11.2 Å².